The summed E-state index contributed by atoms with van der Waals surface area (Å²) in [5.41, 5.74) is 2.23. The van der Waals surface area contributed by atoms with Gasteiger partial charge in [-0.15, -0.1) is 0 Å². The Kier molecular flexibility index (Phi) is 6.74. The van der Waals surface area contributed by atoms with E-state index in [-0.39, 0.29) is 16.6 Å². The van der Waals surface area contributed by atoms with Crippen molar-refractivity contribution in [2.75, 3.05) is 38.5 Å². The van der Waals surface area contributed by atoms with E-state index in [2.05, 4.69) is 10.2 Å². The van der Waals surface area contributed by atoms with Crippen molar-refractivity contribution in [2.24, 2.45) is 0 Å². The Morgan fingerprint density at radius 2 is 1.73 bits per heavy atom. The van der Waals surface area contributed by atoms with Crippen LogP contribution < -0.4 is 5.32 Å². The number of anilines is 1. The third-order valence-electron chi connectivity index (χ3n) is 5.48. The molecule has 1 saturated heterocycles. The van der Waals surface area contributed by atoms with Gasteiger partial charge in [0.15, 0.2) is 0 Å². The number of piperazine rings is 1. The molecule has 0 amide bonds. The fourth-order valence-corrected chi connectivity index (χ4v) is 4.97. The maximum atomic E-state index is 13.0. The van der Waals surface area contributed by atoms with E-state index >= 15 is 0 Å². The quantitative estimate of drug-likeness (QED) is 0.532. The standard InChI is InChI=1S/C21H28N4O4S/c1-4-19(17-7-5-16(2)6-8-17)22-20-10-9-18(15-21(20)25(26)27)30(28,29)24-13-11-23(3)12-14-24/h5-10,15,19,22H,4,11-14H2,1-3H3. The summed E-state index contributed by atoms with van der Waals surface area (Å²) in [7, 11) is -1.84. The zero-order chi connectivity index (χ0) is 21.9. The average molecular weight is 433 g/mol. The molecule has 0 aromatic heterocycles. The monoisotopic (exact) mass is 432 g/mol. The molecule has 9 heteroatoms. The van der Waals surface area contributed by atoms with E-state index in [9.17, 15) is 18.5 Å². The van der Waals surface area contributed by atoms with E-state index in [4.69, 9.17) is 0 Å². The smallest absolute Gasteiger partial charge is 0.293 e. The summed E-state index contributed by atoms with van der Waals surface area (Å²) in [5, 5.41) is 14.9. The van der Waals surface area contributed by atoms with Crippen LogP contribution in [0.25, 0.3) is 0 Å². The molecule has 0 bridgehead atoms. The number of benzene rings is 2. The van der Waals surface area contributed by atoms with Gasteiger partial charge in [-0.2, -0.15) is 4.31 Å². The lowest BCUT2D eigenvalue weighted by Gasteiger charge is -2.31. The second-order valence-electron chi connectivity index (χ2n) is 7.66. The van der Waals surface area contributed by atoms with E-state index in [1.54, 1.807) is 0 Å². The lowest BCUT2D eigenvalue weighted by Crippen LogP contribution is -2.47. The van der Waals surface area contributed by atoms with Gasteiger partial charge < -0.3 is 10.2 Å². The van der Waals surface area contributed by atoms with Gasteiger partial charge in [-0.3, -0.25) is 10.1 Å². The second-order valence-corrected chi connectivity index (χ2v) is 9.60. The molecule has 1 unspecified atom stereocenters. The van der Waals surface area contributed by atoms with Crippen LogP contribution in [-0.2, 0) is 10.0 Å². The van der Waals surface area contributed by atoms with Crippen molar-refractivity contribution in [1.29, 1.82) is 0 Å². The molecule has 3 rings (SSSR count). The minimum absolute atomic E-state index is 0.0484. The summed E-state index contributed by atoms with van der Waals surface area (Å²) in [5.74, 6) is 0. The summed E-state index contributed by atoms with van der Waals surface area (Å²) in [6.07, 6.45) is 0.724. The van der Waals surface area contributed by atoms with Crippen LogP contribution in [0.2, 0.25) is 0 Å². The molecule has 0 aliphatic carbocycles. The Morgan fingerprint density at radius 1 is 1.10 bits per heavy atom. The largest absolute Gasteiger partial charge is 0.373 e. The molecule has 162 valence electrons. The number of nitrogens with one attached hydrogen (secondary N) is 1. The zero-order valence-electron chi connectivity index (χ0n) is 17.5. The van der Waals surface area contributed by atoms with E-state index in [1.165, 1.54) is 16.4 Å². The first-order valence-electron chi connectivity index (χ1n) is 10.0. The van der Waals surface area contributed by atoms with Crippen LogP contribution in [0, 0.1) is 17.0 Å². The highest BCUT2D eigenvalue weighted by atomic mass is 32.2. The molecular formula is C21H28N4O4S. The van der Waals surface area contributed by atoms with Crippen LogP contribution in [0.5, 0.6) is 0 Å². The number of hydrogen-bond donors (Lipinski definition) is 1. The Labute approximate surface area is 177 Å². The molecule has 1 fully saturated rings. The van der Waals surface area contributed by atoms with E-state index in [0.717, 1.165) is 23.6 Å². The first-order chi connectivity index (χ1) is 14.2. The molecule has 1 heterocycles. The fraction of sp³-hybridized carbons (Fsp3) is 0.429. The van der Waals surface area contributed by atoms with Crippen molar-refractivity contribution in [3.63, 3.8) is 0 Å². The molecule has 0 radical (unpaired) electrons. The van der Waals surface area contributed by atoms with Gasteiger partial charge in [0.2, 0.25) is 10.0 Å². The molecule has 1 N–H and O–H groups in total. The minimum Gasteiger partial charge on any atom is -0.373 e. The van der Waals surface area contributed by atoms with Crippen LogP contribution in [-0.4, -0.2) is 55.8 Å². The molecule has 2 aromatic carbocycles. The van der Waals surface area contributed by atoms with Gasteiger partial charge in [-0.05, 0) is 38.1 Å². The van der Waals surface area contributed by atoms with Crippen molar-refractivity contribution >= 4 is 21.4 Å². The summed E-state index contributed by atoms with van der Waals surface area (Å²) >= 11 is 0. The predicted molar refractivity (Wildman–Crippen MR) is 117 cm³/mol. The van der Waals surface area contributed by atoms with Gasteiger partial charge in [0.1, 0.15) is 5.69 Å². The van der Waals surface area contributed by atoms with Gasteiger partial charge in [0, 0.05) is 32.2 Å². The highest BCUT2D eigenvalue weighted by molar-refractivity contribution is 7.89. The molecule has 0 spiro atoms. The summed E-state index contributed by atoms with van der Waals surface area (Å²) in [6.45, 7) is 6.01. The second kappa shape index (κ2) is 9.11. The Morgan fingerprint density at radius 3 is 2.30 bits per heavy atom. The first kappa shape index (κ1) is 22.2. The topological polar surface area (TPSA) is 95.8 Å². The van der Waals surface area contributed by atoms with Crippen LogP contribution in [0.3, 0.4) is 0 Å². The number of nitrogens with zero attached hydrogens (tertiary/aromatic N) is 3. The van der Waals surface area contributed by atoms with Crippen molar-refractivity contribution in [3.8, 4) is 0 Å². The van der Waals surface area contributed by atoms with Crippen LogP contribution in [0.1, 0.15) is 30.5 Å². The van der Waals surface area contributed by atoms with Gasteiger partial charge >= 0.3 is 0 Å². The lowest BCUT2D eigenvalue weighted by atomic mass is 10.0. The van der Waals surface area contributed by atoms with E-state index in [0.29, 0.717) is 31.9 Å². The van der Waals surface area contributed by atoms with Crippen molar-refractivity contribution < 1.29 is 13.3 Å². The van der Waals surface area contributed by atoms with Crippen LogP contribution in [0.4, 0.5) is 11.4 Å². The van der Waals surface area contributed by atoms with Gasteiger partial charge in [-0.1, -0.05) is 36.8 Å². The maximum absolute atomic E-state index is 13.0. The molecular weight excluding hydrogens is 404 g/mol. The van der Waals surface area contributed by atoms with E-state index in [1.807, 2.05) is 45.2 Å². The normalized spacial score (nSPS) is 16.9. The average Bonchev–Trinajstić information content (AvgIpc) is 2.73. The maximum Gasteiger partial charge on any atom is 0.293 e. The fourth-order valence-electron chi connectivity index (χ4n) is 3.53. The summed E-state index contributed by atoms with van der Waals surface area (Å²) in [6, 6.07) is 12.0. The van der Waals surface area contributed by atoms with Crippen LogP contribution in [0.15, 0.2) is 47.4 Å². The number of nitro groups is 1. The van der Waals surface area contributed by atoms with Crippen molar-refractivity contribution in [1.82, 2.24) is 9.21 Å². The molecule has 1 aliphatic heterocycles. The SMILES string of the molecule is CCC(Nc1ccc(S(=O)(=O)N2CCN(C)CC2)cc1[N+](=O)[O-])c1ccc(C)cc1. The van der Waals surface area contributed by atoms with Gasteiger partial charge in [0.25, 0.3) is 5.69 Å². The number of nitro benzene ring substituents is 1. The molecule has 1 atom stereocenters. The number of sulfonamides is 1. The number of rotatable bonds is 7. The van der Waals surface area contributed by atoms with Crippen molar-refractivity contribution in [2.45, 2.75) is 31.2 Å². The Balaban J connectivity index is 1.90. The van der Waals surface area contributed by atoms with Crippen molar-refractivity contribution in [3.05, 3.63) is 63.7 Å². The van der Waals surface area contributed by atoms with Gasteiger partial charge in [0.05, 0.1) is 15.9 Å². The Bertz CT molecular complexity index is 1000. The molecule has 1 aliphatic rings. The molecule has 0 saturated carbocycles. The number of aryl methyl sites for hydroxylation is 1. The Hall–Kier alpha value is -2.49. The minimum atomic E-state index is -3.77. The molecule has 8 nitrogen and oxygen atoms in total. The van der Waals surface area contributed by atoms with Gasteiger partial charge in [-0.25, -0.2) is 8.42 Å². The summed E-state index contributed by atoms with van der Waals surface area (Å²) in [4.78, 5) is 13.2. The number of hydrogen-bond acceptors (Lipinski definition) is 6. The first-order valence-corrected chi connectivity index (χ1v) is 11.5. The third kappa shape index (κ3) is 4.80. The third-order valence-corrected chi connectivity index (χ3v) is 7.38. The molecule has 2 aromatic rings. The zero-order valence-corrected chi connectivity index (χ0v) is 18.4. The van der Waals surface area contributed by atoms with Crippen LogP contribution >= 0.6 is 0 Å². The highest BCUT2D eigenvalue weighted by Crippen LogP contribution is 2.33. The van der Waals surface area contributed by atoms with E-state index < -0.39 is 14.9 Å². The molecule has 30 heavy (non-hydrogen) atoms. The highest BCUT2D eigenvalue weighted by Gasteiger charge is 2.30. The summed E-state index contributed by atoms with van der Waals surface area (Å²) < 4.78 is 27.3. The number of likely N-dealkylation sites (N-methyl/N-ethyl adjacent to an activating group) is 1. The predicted octanol–water partition coefficient (Wildman–Crippen LogP) is 3.40. The lowest BCUT2D eigenvalue weighted by molar-refractivity contribution is -0.384.